The second-order valence-electron chi connectivity index (χ2n) is 5.72. The molecule has 2 fully saturated rings. The quantitative estimate of drug-likeness (QED) is 0.816. The van der Waals surface area contributed by atoms with Gasteiger partial charge in [-0.1, -0.05) is 11.8 Å². The second-order valence-corrected chi connectivity index (χ2v) is 6.63. The molecule has 3 N–H and O–H groups in total. The van der Waals surface area contributed by atoms with Gasteiger partial charge in [-0.15, -0.1) is 11.3 Å². The van der Waals surface area contributed by atoms with Crippen molar-refractivity contribution >= 4 is 17.2 Å². The lowest BCUT2D eigenvalue weighted by molar-refractivity contribution is 0.0947. The number of carbonyl (C=O) groups is 1. The van der Waals surface area contributed by atoms with E-state index in [1.54, 1.807) is 0 Å². The smallest absolute Gasteiger partial charge is 0.262 e. The topological polar surface area (TPSA) is 55.1 Å². The van der Waals surface area contributed by atoms with Crippen LogP contribution in [-0.4, -0.2) is 19.0 Å². The summed E-state index contributed by atoms with van der Waals surface area (Å²) in [4.78, 5) is 13.0. The van der Waals surface area contributed by atoms with Gasteiger partial charge in [-0.3, -0.25) is 4.79 Å². The van der Waals surface area contributed by atoms with E-state index in [4.69, 9.17) is 5.73 Å². The lowest BCUT2D eigenvalue weighted by Gasteiger charge is -2.15. The molecule has 0 aromatic carbocycles. The van der Waals surface area contributed by atoms with Crippen molar-refractivity contribution in [1.29, 1.82) is 0 Å². The molecule has 20 heavy (non-hydrogen) atoms. The fraction of sp³-hybridized carbons (Fsp3) is 0.562. The van der Waals surface area contributed by atoms with Gasteiger partial charge in [0.2, 0.25) is 0 Å². The Morgan fingerprint density at radius 2 is 2.10 bits per heavy atom. The van der Waals surface area contributed by atoms with Crippen LogP contribution in [0.2, 0.25) is 0 Å². The minimum Gasteiger partial charge on any atom is -0.351 e. The Kier molecular flexibility index (Phi) is 4.09. The zero-order valence-electron chi connectivity index (χ0n) is 11.5. The molecule has 0 radical (unpaired) electrons. The van der Waals surface area contributed by atoms with Gasteiger partial charge >= 0.3 is 0 Å². The molecule has 1 amide bonds. The highest BCUT2D eigenvalue weighted by atomic mass is 32.1. The summed E-state index contributed by atoms with van der Waals surface area (Å²) in [5.41, 5.74) is 6.18. The van der Waals surface area contributed by atoms with Crippen molar-refractivity contribution < 1.29 is 4.79 Å². The van der Waals surface area contributed by atoms with Crippen LogP contribution in [0.4, 0.5) is 0 Å². The molecule has 0 unspecified atom stereocenters. The first kappa shape index (κ1) is 13.7. The summed E-state index contributed by atoms with van der Waals surface area (Å²) in [6.07, 6.45) is 5.40. The summed E-state index contributed by atoms with van der Waals surface area (Å²) in [5.74, 6) is 8.23. The first-order valence-electron chi connectivity index (χ1n) is 7.34. The molecule has 106 valence electrons. The summed E-state index contributed by atoms with van der Waals surface area (Å²) in [6.45, 7) is 1.15. The Morgan fingerprint density at radius 1 is 1.40 bits per heavy atom. The number of rotatable bonds is 5. The van der Waals surface area contributed by atoms with Gasteiger partial charge in [0.15, 0.2) is 0 Å². The Hall–Kier alpha value is -1.31. The Balaban J connectivity index is 1.59. The van der Waals surface area contributed by atoms with E-state index in [2.05, 4.69) is 17.2 Å². The molecule has 1 aromatic rings. The summed E-state index contributed by atoms with van der Waals surface area (Å²) < 4.78 is 0. The van der Waals surface area contributed by atoms with Gasteiger partial charge in [-0.2, -0.15) is 0 Å². The molecular formula is C16H20N2OS. The van der Waals surface area contributed by atoms with Crippen molar-refractivity contribution in [2.45, 2.75) is 25.7 Å². The summed E-state index contributed by atoms with van der Waals surface area (Å²) in [5, 5.41) is 5.03. The largest absolute Gasteiger partial charge is 0.351 e. The highest BCUT2D eigenvalue weighted by Crippen LogP contribution is 2.48. The van der Waals surface area contributed by atoms with Crippen LogP contribution in [-0.2, 0) is 0 Å². The first-order chi connectivity index (χ1) is 9.79. The van der Waals surface area contributed by atoms with Crippen LogP contribution in [0, 0.1) is 29.6 Å². The molecule has 2 aliphatic rings. The van der Waals surface area contributed by atoms with Crippen molar-refractivity contribution in [1.82, 2.24) is 5.32 Å². The number of nitrogens with one attached hydrogen (secondary N) is 1. The molecule has 3 rings (SSSR count). The van der Waals surface area contributed by atoms with Gasteiger partial charge in [-0.05, 0) is 54.9 Å². The van der Waals surface area contributed by atoms with Crippen LogP contribution in [0.3, 0.4) is 0 Å². The molecule has 0 spiro atoms. The number of thiophene rings is 1. The maximum absolute atomic E-state index is 12.3. The average Bonchev–Trinajstić information content (AvgIpc) is 3.37. The summed E-state index contributed by atoms with van der Waals surface area (Å²) in [6, 6.07) is 1.89. The third-order valence-electron chi connectivity index (χ3n) is 4.15. The van der Waals surface area contributed by atoms with Crippen molar-refractivity contribution in [2.75, 3.05) is 13.1 Å². The van der Waals surface area contributed by atoms with E-state index in [0.29, 0.717) is 12.5 Å². The average molecular weight is 288 g/mol. The van der Waals surface area contributed by atoms with E-state index < -0.39 is 0 Å². The fourth-order valence-corrected chi connectivity index (χ4v) is 3.55. The maximum Gasteiger partial charge on any atom is 0.262 e. The van der Waals surface area contributed by atoms with Gasteiger partial charge in [0.25, 0.3) is 5.91 Å². The second kappa shape index (κ2) is 5.99. The lowest BCUT2D eigenvalue weighted by atomic mass is 9.98. The van der Waals surface area contributed by atoms with Crippen molar-refractivity contribution in [2.24, 2.45) is 23.5 Å². The number of amides is 1. The number of hydrogen-bond acceptors (Lipinski definition) is 3. The molecule has 0 saturated heterocycles. The summed E-state index contributed by atoms with van der Waals surface area (Å²) in [7, 11) is 0. The van der Waals surface area contributed by atoms with Crippen LogP contribution in [0.25, 0.3) is 0 Å². The Labute approximate surface area is 123 Å². The maximum atomic E-state index is 12.3. The third kappa shape index (κ3) is 3.23. The van der Waals surface area contributed by atoms with Gasteiger partial charge in [0.1, 0.15) is 4.88 Å². The zero-order chi connectivity index (χ0) is 13.9. The molecular weight excluding hydrogens is 268 g/mol. The van der Waals surface area contributed by atoms with Gasteiger partial charge < -0.3 is 11.1 Å². The fourth-order valence-electron chi connectivity index (χ4n) is 2.79. The number of nitrogens with two attached hydrogens (primary N) is 1. The predicted octanol–water partition coefficient (Wildman–Crippen LogP) is 2.22. The molecule has 4 heteroatoms. The third-order valence-corrected chi connectivity index (χ3v) is 5.06. The minimum atomic E-state index is 0.0209. The van der Waals surface area contributed by atoms with Crippen molar-refractivity contribution in [3.63, 3.8) is 0 Å². The van der Waals surface area contributed by atoms with E-state index in [-0.39, 0.29) is 5.91 Å². The van der Waals surface area contributed by atoms with Crippen molar-refractivity contribution in [3.8, 4) is 11.8 Å². The van der Waals surface area contributed by atoms with Gasteiger partial charge in [0.05, 0.1) is 6.54 Å². The SMILES string of the molecule is NCC#Cc1ccsc1C(=O)NCC(C1CC1)C1CC1. The van der Waals surface area contributed by atoms with Crippen LogP contribution >= 0.6 is 11.3 Å². The monoisotopic (exact) mass is 288 g/mol. The zero-order valence-corrected chi connectivity index (χ0v) is 12.3. The number of hydrogen-bond donors (Lipinski definition) is 2. The standard InChI is InChI=1S/C16H20N2OS/c17-8-1-2-13-7-9-20-15(13)16(19)18-10-14(11-3-4-11)12-5-6-12/h7,9,11-12,14H,3-6,8,10,17H2,(H,18,19). The first-order valence-corrected chi connectivity index (χ1v) is 8.22. The molecule has 0 bridgehead atoms. The van der Waals surface area contributed by atoms with Crippen LogP contribution in [0.15, 0.2) is 11.4 Å². The summed E-state index contributed by atoms with van der Waals surface area (Å²) >= 11 is 1.45. The minimum absolute atomic E-state index is 0.0209. The molecule has 2 aliphatic carbocycles. The molecule has 0 atom stereocenters. The Bertz CT molecular complexity index is 534. The van der Waals surface area contributed by atoms with E-state index >= 15 is 0 Å². The van der Waals surface area contributed by atoms with E-state index in [1.165, 1.54) is 37.0 Å². The lowest BCUT2D eigenvalue weighted by Crippen LogP contribution is -2.31. The highest BCUT2D eigenvalue weighted by Gasteiger charge is 2.41. The van der Waals surface area contributed by atoms with Crippen LogP contribution < -0.4 is 11.1 Å². The predicted molar refractivity (Wildman–Crippen MR) is 81.5 cm³/mol. The number of carbonyl (C=O) groups excluding carboxylic acids is 1. The highest BCUT2D eigenvalue weighted by molar-refractivity contribution is 7.12. The Morgan fingerprint density at radius 3 is 2.70 bits per heavy atom. The van der Waals surface area contributed by atoms with Crippen molar-refractivity contribution in [3.05, 3.63) is 21.9 Å². The molecule has 1 heterocycles. The molecule has 0 aliphatic heterocycles. The molecule has 3 nitrogen and oxygen atoms in total. The van der Waals surface area contributed by atoms with Gasteiger partial charge in [-0.25, -0.2) is 0 Å². The molecule has 2 saturated carbocycles. The van der Waals surface area contributed by atoms with E-state index in [9.17, 15) is 4.79 Å². The molecule has 1 aromatic heterocycles. The van der Waals surface area contributed by atoms with Crippen LogP contribution in [0.1, 0.15) is 40.9 Å². The van der Waals surface area contributed by atoms with Gasteiger partial charge in [0, 0.05) is 12.1 Å². The van der Waals surface area contributed by atoms with E-state index in [0.717, 1.165) is 28.8 Å². The normalized spacial score (nSPS) is 17.7. The van der Waals surface area contributed by atoms with E-state index in [1.807, 2.05) is 11.4 Å². The van der Waals surface area contributed by atoms with Crippen LogP contribution in [0.5, 0.6) is 0 Å².